The van der Waals surface area contributed by atoms with Crippen LogP contribution in [-0.4, -0.2) is 48.1 Å². The van der Waals surface area contributed by atoms with Crippen molar-refractivity contribution in [3.05, 3.63) is 42.1 Å². The highest BCUT2D eigenvalue weighted by Gasteiger charge is 2.24. The Hall–Kier alpha value is -2.80. The molecule has 1 amide bonds. The number of nitrogens with two attached hydrogens (primary N) is 1. The maximum Gasteiger partial charge on any atom is 0.265 e. The third-order valence-corrected chi connectivity index (χ3v) is 4.85. The molecule has 1 aromatic heterocycles. The van der Waals surface area contributed by atoms with Crippen molar-refractivity contribution < 1.29 is 9.53 Å². The number of amides is 1. The van der Waals surface area contributed by atoms with Crippen LogP contribution in [-0.2, 0) is 11.3 Å². The number of piperazine rings is 1. The first-order valence-corrected chi connectivity index (χ1v) is 8.88. The van der Waals surface area contributed by atoms with Crippen molar-refractivity contribution >= 4 is 23.1 Å². The first-order chi connectivity index (χ1) is 12.6. The normalized spacial score (nSPS) is 20.3. The summed E-state index contributed by atoms with van der Waals surface area (Å²) in [6, 6.07) is 9.87. The summed E-state index contributed by atoms with van der Waals surface area (Å²) in [5.41, 5.74) is 8.32. The second-order valence-corrected chi connectivity index (χ2v) is 6.79. The van der Waals surface area contributed by atoms with Crippen LogP contribution in [0.3, 0.4) is 0 Å². The molecule has 1 unspecified atom stereocenters. The lowest BCUT2D eigenvalue weighted by Gasteiger charge is -2.35. The molecule has 0 radical (unpaired) electrons. The van der Waals surface area contributed by atoms with E-state index in [2.05, 4.69) is 26.2 Å². The standard InChI is InChI=1S/C19H23N5O2/c1-13-19(25)22-16-10-14(2-4-17(16)26-13)12-23-6-8-24(9-7-23)18-5-3-15(20)11-21-18/h2-5,10-11,13H,6-9,12,20H2,1H3,(H,22,25). The van der Waals surface area contributed by atoms with Crippen molar-refractivity contribution in [1.29, 1.82) is 0 Å². The summed E-state index contributed by atoms with van der Waals surface area (Å²) in [5.74, 6) is 1.61. The number of rotatable bonds is 3. The fourth-order valence-electron chi connectivity index (χ4n) is 3.33. The molecule has 0 bridgehead atoms. The Balaban J connectivity index is 1.37. The summed E-state index contributed by atoms with van der Waals surface area (Å²) < 4.78 is 5.61. The highest BCUT2D eigenvalue weighted by atomic mass is 16.5. The number of hydrogen-bond donors (Lipinski definition) is 2. The maximum atomic E-state index is 11.8. The van der Waals surface area contributed by atoms with E-state index in [9.17, 15) is 4.79 Å². The van der Waals surface area contributed by atoms with Crippen LogP contribution in [0, 0.1) is 0 Å². The zero-order valence-electron chi connectivity index (χ0n) is 14.8. The van der Waals surface area contributed by atoms with Gasteiger partial charge in [0.25, 0.3) is 5.91 Å². The van der Waals surface area contributed by atoms with Gasteiger partial charge >= 0.3 is 0 Å². The SMILES string of the molecule is CC1Oc2ccc(CN3CCN(c4ccc(N)cn4)CC3)cc2NC1=O. The lowest BCUT2D eigenvalue weighted by atomic mass is 10.1. The summed E-state index contributed by atoms with van der Waals surface area (Å²) in [6.45, 7) is 6.38. The molecule has 2 aliphatic heterocycles. The van der Waals surface area contributed by atoms with Gasteiger partial charge in [-0.1, -0.05) is 6.07 Å². The number of aromatic nitrogens is 1. The molecule has 1 saturated heterocycles. The molecule has 4 rings (SSSR count). The van der Waals surface area contributed by atoms with E-state index in [-0.39, 0.29) is 5.91 Å². The van der Waals surface area contributed by atoms with Crippen LogP contribution in [0.25, 0.3) is 0 Å². The zero-order chi connectivity index (χ0) is 18.1. The van der Waals surface area contributed by atoms with Gasteiger partial charge in [-0.15, -0.1) is 0 Å². The molecule has 3 heterocycles. The highest BCUT2D eigenvalue weighted by molar-refractivity contribution is 5.97. The summed E-state index contributed by atoms with van der Waals surface area (Å²) in [6.07, 6.45) is 1.26. The summed E-state index contributed by atoms with van der Waals surface area (Å²) in [7, 11) is 0. The molecule has 2 aromatic rings. The predicted octanol–water partition coefficient (Wildman–Crippen LogP) is 1.71. The van der Waals surface area contributed by atoms with Gasteiger partial charge in [0.2, 0.25) is 0 Å². The lowest BCUT2D eigenvalue weighted by Crippen LogP contribution is -2.46. The number of carbonyl (C=O) groups is 1. The van der Waals surface area contributed by atoms with Crippen molar-refractivity contribution in [1.82, 2.24) is 9.88 Å². The highest BCUT2D eigenvalue weighted by Crippen LogP contribution is 2.31. The molecule has 7 nitrogen and oxygen atoms in total. The number of benzene rings is 1. The Kier molecular flexibility index (Phi) is 4.38. The molecule has 3 N–H and O–H groups in total. The molecule has 26 heavy (non-hydrogen) atoms. The van der Waals surface area contributed by atoms with Gasteiger partial charge in [-0.25, -0.2) is 4.98 Å². The van der Waals surface area contributed by atoms with Crippen LogP contribution in [0.15, 0.2) is 36.5 Å². The Bertz CT molecular complexity index is 800. The number of nitrogens with zero attached hydrogens (tertiary/aromatic N) is 3. The van der Waals surface area contributed by atoms with Crippen molar-refractivity contribution in [2.24, 2.45) is 0 Å². The molecule has 2 aliphatic rings. The summed E-state index contributed by atoms with van der Waals surface area (Å²) in [4.78, 5) is 20.9. The molecule has 1 aromatic carbocycles. The number of fused-ring (bicyclic) bond motifs is 1. The van der Waals surface area contributed by atoms with Crippen LogP contribution in [0.2, 0.25) is 0 Å². The first-order valence-electron chi connectivity index (χ1n) is 8.88. The molecule has 1 fully saturated rings. The quantitative estimate of drug-likeness (QED) is 0.874. The third kappa shape index (κ3) is 3.43. The van der Waals surface area contributed by atoms with Crippen LogP contribution in [0.1, 0.15) is 12.5 Å². The molecule has 0 spiro atoms. The van der Waals surface area contributed by atoms with E-state index in [1.165, 1.54) is 5.56 Å². The number of nitrogens with one attached hydrogen (secondary N) is 1. The van der Waals surface area contributed by atoms with Gasteiger partial charge in [0.1, 0.15) is 11.6 Å². The third-order valence-electron chi connectivity index (χ3n) is 4.85. The van der Waals surface area contributed by atoms with E-state index >= 15 is 0 Å². The molecular weight excluding hydrogens is 330 g/mol. The Morgan fingerprint density at radius 3 is 2.77 bits per heavy atom. The van der Waals surface area contributed by atoms with E-state index in [0.29, 0.717) is 5.69 Å². The van der Waals surface area contributed by atoms with Crippen LogP contribution >= 0.6 is 0 Å². The minimum atomic E-state index is -0.441. The fourth-order valence-corrected chi connectivity index (χ4v) is 3.33. The minimum Gasteiger partial charge on any atom is -0.479 e. The zero-order valence-corrected chi connectivity index (χ0v) is 14.8. The number of carbonyl (C=O) groups excluding carboxylic acids is 1. The molecule has 136 valence electrons. The van der Waals surface area contributed by atoms with E-state index in [1.807, 2.05) is 24.3 Å². The lowest BCUT2D eigenvalue weighted by molar-refractivity contribution is -0.122. The Labute approximate surface area is 152 Å². The van der Waals surface area contributed by atoms with E-state index in [1.54, 1.807) is 13.1 Å². The maximum absolute atomic E-state index is 11.8. The molecule has 1 atom stereocenters. The van der Waals surface area contributed by atoms with Gasteiger partial charge in [0.05, 0.1) is 17.6 Å². The monoisotopic (exact) mass is 353 g/mol. The Morgan fingerprint density at radius 2 is 2.04 bits per heavy atom. The molecule has 7 heteroatoms. The topological polar surface area (TPSA) is 83.7 Å². The van der Waals surface area contributed by atoms with Crippen LogP contribution in [0.5, 0.6) is 5.75 Å². The average Bonchev–Trinajstić information content (AvgIpc) is 2.64. The first kappa shape index (κ1) is 16.7. The smallest absolute Gasteiger partial charge is 0.265 e. The van der Waals surface area contributed by atoms with E-state index in [4.69, 9.17) is 10.5 Å². The predicted molar refractivity (Wildman–Crippen MR) is 101 cm³/mol. The summed E-state index contributed by atoms with van der Waals surface area (Å²) in [5, 5.41) is 2.91. The van der Waals surface area contributed by atoms with Gasteiger partial charge in [0.15, 0.2) is 6.10 Å². The average molecular weight is 353 g/mol. The number of ether oxygens (including phenoxy) is 1. The van der Waals surface area contributed by atoms with Gasteiger partial charge in [-0.3, -0.25) is 9.69 Å². The van der Waals surface area contributed by atoms with E-state index < -0.39 is 6.10 Å². The van der Waals surface area contributed by atoms with Crippen LogP contribution < -0.4 is 20.7 Å². The minimum absolute atomic E-state index is 0.0979. The molecule has 0 aliphatic carbocycles. The fraction of sp³-hybridized carbons (Fsp3) is 0.368. The number of anilines is 3. The van der Waals surface area contributed by atoms with Gasteiger partial charge in [0, 0.05) is 32.7 Å². The van der Waals surface area contributed by atoms with Crippen molar-refractivity contribution in [3.63, 3.8) is 0 Å². The summed E-state index contributed by atoms with van der Waals surface area (Å²) >= 11 is 0. The number of pyridine rings is 1. The van der Waals surface area contributed by atoms with Gasteiger partial charge in [-0.2, -0.15) is 0 Å². The van der Waals surface area contributed by atoms with Crippen molar-refractivity contribution in [2.75, 3.05) is 42.1 Å². The van der Waals surface area contributed by atoms with Crippen molar-refractivity contribution in [3.8, 4) is 5.75 Å². The van der Waals surface area contributed by atoms with Gasteiger partial charge in [-0.05, 0) is 36.8 Å². The van der Waals surface area contributed by atoms with Crippen LogP contribution in [0.4, 0.5) is 17.2 Å². The van der Waals surface area contributed by atoms with Gasteiger partial charge < -0.3 is 20.7 Å². The number of nitrogen functional groups attached to an aromatic ring is 1. The Morgan fingerprint density at radius 1 is 1.23 bits per heavy atom. The van der Waals surface area contributed by atoms with E-state index in [0.717, 1.165) is 50.0 Å². The number of hydrogen-bond acceptors (Lipinski definition) is 6. The second kappa shape index (κ2) is 6.84. The molecular formula is C19H23N5O2. The van der Waals surface area contributed by atoms with Crippen molar-refractivity contribution in [2.45, 2.75) is 19.6 Å². The second-order valence-electron chi connectivity index (χ2n) is 6.79. The molecule has 0 saturated carbocycles. The largest absolute Gasteiger partial charge is 0.479 e.